The second kappa shape index (κ2) is 5.79. The SMILES string of the molecule is CCCCNc1cn(CC(C)C)nc1C. The van der Waals surface area contributed by atoms with E-state index in [9.17, 15) is 0 Å². The Balaban J connectivity index is 2.53. The second-order valence-corrected chi connectivity index (χ2v) is 4.52. The first kappa shape index (κ1) is 12.1. The minimum atomic E-state index is 0.646. The molecule has 0 fully saturated rings. The molecule has 86 valence electrons. The van der Waals surface area contributed by atoms with Crippen LogP contribution in [0.15, 0.2) is 6.20 Å². The fourth-order valence-electron chi connectivity index (χ4n) is 1.56. The number of hydrogen-bond acceptors (Lipinski definition) is 2. The van der Waals surface area contributed by atoms with Crippen LogP contribution in [0.2, 0.25) is 0 Å². The molecule has 0 atom stereocenters. The van der Waals surface area contributed by atoms with E-state index >= 15 is 0 Å². The number of aromatic nitrogens is 2. The van der Waals surface area contributed by atoms with Gasteiger partial charge in [0.2, 0.25) is 0 Å². The third-order valence-electron chi connectivity index (χ3n) is 2.34. The first-order valence-electron chi connectivity index (χ1n) is 5.91. The maximum Gasteiger partial charge on any atom is 0.0825 e. The zero-order chi connectivity index (χ0) is 11.3. The molecular formula is C12H23N3. The fourth-order valence-corrected chi connectivity index (χ4v) is 1.56. The van der Waals surface area contributed by atoms with Crippen LogP contribution in [0.5, 0.6) is 0 Å². The van der Waals surface area contributed by atoms with Gasteiger partial charge >= 0.3 is 0 Å². The Morgan fingerprint density at radius 1 is 1.47 bits per heavy atom. The first-order chi connectivity index (χ1) is 7.13. The monoisotopic (exact) mass is 209 g/mol. The Kier molecular flexibility index (Phi) is 4.66. The van der Waals surface area contributed by atoms with Crippen LogP contribution in [0.1, 0.15) is 39.3 Å². The van der Waals surface area contributed by atoms with E-state index in [1.54, 1.807) is 0 Å². The highest BCUT2D eigenvalue weighted by atomic mass is 15.3. The summed E-state index contributed by atoms with van der Waals surface area (Å²) in [5.74, 6) is 0.646. The standard InChI is InChI=1S/C12H23N3/c1-5-6-7-13-12-9-15(8-10(2)3)14-11(12)4/h9-10,13H,5-8H2,1-4H3. The molecule has 0 spiro atoms. The molecular weight excluding hydrogens is 186 g/mol. The number of nitrogens with one attached hydrogen (secondary N) is 1. The van der Waals surface area contributed by atoms with Gasteiger partial charge in [0.1, 0.15) is 0 Å². The van der Waals surface area contributed by atoms with Crippen LogP contribution in [-0.4, -0.2) is 16.3 Å². The Hall–Kier alpha value is -0.990. The summed E-state index contributed by atoms with van der Waals surface area (Å²) in [6.07, 6.45) is 4.56. The maximum absolute atomic E-state index is 4.48. The molecule has 0 aliphatic carbocycles. The number of hydrogen-bond donors (Lipinski definition) is 1. The van der Waals surface area contributed by atoms with Crippen molar-refractivity contribution in [3.8, 4) is 0 Å². The van der Waals surface area contributed by atoms with Gasteiger partial charge in [0.05, 0.1) is 11.4 Å². The molecule has 3 heteroatoms. The van der Waals surface area contributed by atoms with Crippen molar-refractivity contribution in [2.24, 2.45) is 5.92 Å². The Morgan fingerprint density at radius 3 is 2.80 bits per heavy atom. The molecule has 0 saturated heterocycles. The molecule has 1 rings (SSSR count). The Labute approximate surface area is 92.9 Å². The van der Waals surface area contributed by atoms with Crippen LogP contribution < -0.4 is 5.32 Å². The highest BCUT2D eigenvalue weighted by molar-refractivity contribution is 5.45. The summed E-state index contributed by atoms with van der Waals surface area (Å²) in [7, 11) is 0. The van der Waals surface area contributed by atoms with E-state index < -0.39 is 0 Å². The van der Waals surface area contributed by atoms with Gasteiger partial charge in [-0.3, -0.25) is 4.68 Å². The van der Waals surface area contributed by atoms with Gasteiger partial charge in [-0.2, -0.15) is 5.10 Å². The molecule has 0 saturated carbocycles. The molecule has 0 radical (unpaired) electrons. The van der Waals surface area contributed by atoms with Gasteiger partial charge in [-0.25, -0.2) is 0 Å². The van der Waals surface area contributed by atoms with Crippen molar-refractivity contribution in [1.29, 1.82) is 0 Å². The number of nitrogens with zero attached hydrogens (tertiary/aromatic N) is 2. The highest BCUT2D eigenvalue weighted by Crippen LogP contribution is 2.13. The van der Waals surface area contributed by atoms with Gasteiger partial charge < -0.3 is 5.32 Å². The average molecular weight is 209 g/mol. The van der Waals surface area contributed by atoms with Crippen molar-refractivity contribution in [2.75, 3.05) is 11.9 Å². The van der Waals surface area contributed by atoms with Crippen molar-refractivity contribution in [1.82, 2.24) is 9.78 Å². The molecule has 1 aromatic rings. The summed E-state index contributed by atoms with van der Waals surface area (Å²) in [4.78, 5) is 0. The minimum Gasteiger partial charge on any atom is -0.382 e. The largest absolute Gasteiger partial charge is 0.382 e. The number of anilines is 1. The van der Waals surface area contributed by atoms with Crippen LogP contribution in [0, 0.1) is 12.8 Å². The van der Waals surface area contributed by atoms with Crippen molar-refractivity contribution in [3.05, 3.63) is 11.9 Å². The average Bonchev–Trinajstić information content (AvgIpc) is 2.46. The van der Waals surface area contributed by atoms with Crippen LogP contribution in [0.3, 0.4) is 0 Å². The van der Waals surface area contributed by atoms with Gasteiger partial charge in [0.15, 0.2) is 0 Å². The highest BCUT2D eigenvalue weighted by Gasteiger charge is 2.04. The van der Waals surface area contributed by atoms with Crippen LogP contribution in [-0.2, 0) is 6.54 Å². The van der Waals surface area contributed by atoms with E-state index in [2.05, 4.69) is 44.3 Å². The Morgan fingerprint density at radius 2 is 2.20 bits per heavy atom. The van der Waals surface area contributed by atoms with Gasteiger partial charge in [-0.1, -0.05) is 27.2 Å². The van der Waals surface area contributed by atoms with E-state index in [0.717, 1.165) is 18.8 Å². The molecule has 0 unspecified atom stereocenters. The number of unbranched alkanes of at least 4 members (excludes halogenated alkanes) is 1. The van der Waals surface area contributed by atoms with E-state index in [0.29, 0.717) is 5.92 Å². The molecule has 1 aromatic heterocycles. The van der Waals surface area contributed by atoms with E-state index in [-0.39, 0.29) is 0 Å². The minimum absolute atomic E-state index is 0.646. The Bertz CT molecular complexity index is 289. The second-order valence-electron chi connectivity index (χ2n) is 4.52. The van der Waals surface area contributed by atoms with E-state index in [1.165, 1.54) is 18.5 Å². The fraction of sp³-hybridized carbons (Fsp3) is 0.750. The van der Waals surface area contributed by atoms with Crippen molar-refractivity contribution in [2.45, 2.75) is 47.1 Å². The summed E-state index contributed by atoms with van der Waals surface area (Å²) < 4.78 is 2.04. The van der Waals surface area contributed by atoms with Gasteiger partial charge in [-0.05, 0) is 19.3 Å². The van der Waals surface area contributed by atoms with Crippen LogP contribution in [0.4, 0.5) is 5.69 Å². The first-order valence-corrected chi connectivity index (χ1v) is 5.91. The quantitative estimate of drug-likeness (QED) is 0.730. The summed E-state index contributed by atoms with van der Waals surface area (Å²) in [6, 6.07) is 0. The molecule has 0 bridgehead atoms. The van der Waals surface area contributed by atoms with Crippen molar-refractivity contribution in [3.63, 3.8) is 0 Å². The molecule has 0 amide bonds. The third kappa shape index (κ3) is 3.94. The van der Waals surface area contributed by atoms with Gasteiger partial charge in [-0.15, -0.1) is 0 Å². The number of aryl methyl sites for hydroxylation is 1. The summed E-state index contributed by atoms with van der Waals surface area (Å²) in [5.41, 5.74) is 2.29. The predicted molar refractivity (Wildman–Crippen MR) is 65.2 cm³/mol. The van der Waals surface area contributed by atoms with E-state index in [4.69, 9.17) is 0 Å². The lowest BCUT2D eigenvalue weighted by molar-refractivity contribution is 0.481. The summed E-state index contributed by atoms with van der Waals surface area (Å²) in [6.45, 7) is 10.7. The number of rotatable bonds is 6. The van der Waals surface area contributed by atoms with Crippen LogP contribution in [0.25, 0.3) is 0 Å². The zero-order valence-corrected chi connectivity index (χ0v) is 10.4. The zero-order valence-electron chi connectivity index (χ0n) is 10.4. The normalized spacial score (nSPS) is 11.0. The molecule has 1 heterocycles. The lowest BCUT2D eigenvalue weighted by atomic mass is 10.2. The van der Waals surface area contributed by atoms with Gasteiger partial charge in [0, 0.05) is 19.3 Å². The summed E-state index contributed by atoms with van der Waals surface area (Å²) in [5, 5.41) is 7.91. The molecule has 0 aliphatic rings. The van der Waals surface area contributed by atoms with Crippen molar-refractivity contribution < 1.29 is 0 Å². The molecule has 3 nitrogen and oxygen atoms in total. The van der Waals surface area contributed by atoms with Crippen LogP contribution >= 0.6 is 0 Å². The predicted octanol–water partition coefficient (Wildman–Crippen LogP) is 3.06. The summed E-state index contributed by atoms with van der Waals surface area (Å²) >= 11 is 0. The third-order valence-corrected chi connectivity index (χ3v) is 2.34. The molecule has 1 N–H and O–H groups in total. The molecule has 15 heavy (non-hydrogen) atoms. The lowest BCUT2D eigenvalue weighted by Crippen LogP contribution is -2.04. The van der Waals surface area contributed by atoms with E-state index in [1.807, 2.05) is 4.68 Å². The molecule has 0 aliphatic heterocycles. The van der Waals surface area contributed by atoms with Gasteiger partial charge in [0.25, 0.3) is 0 Å². The smallest absolute Gasteiger partial charge is 0.0825 e. The molecule has 0 aromatic carbocycles. The lowest BCUT2D eigenvalue weighted by Gasteiger charge is -2.04. The van der Waals surface area contributed by atoms with Crippen molar-refractivity contribution >= 4 is 5.69 Å². The topological polar surface area (TPSA) is 29.9 Å². The maximum atomic E-state index is 4.48.